The molecule has 3 heteroatoms. The van der Waals surface area contributed by atoms with Crippen LogP contribution >= 0.6 is 0 Å². The minimum absolute atomic E-state index is 0.263. The molecule has 0 bridgehead atoms. The van der Waals surface area contributed by atoms with Crippen LogP contribution in [0.5, 0.6) is 5.75 Å². The molecule has 0 aliphatic rings. The molecule has 1 rings (SSSR count). The number of hydrogen-bond acceptors (Lipinski definition) is 3. The van der Waals surface area contributed by atoms with Crippen molar-refractivity contribution in [2.75, 3.05) is 5.73 Å². The summed E-state index contributed by atoms with van der Waals surface area (Å²) in [7, 11) is 0. The van der Waals surface area contributed by atoms with Gasteiger partial charge in [-0.2, -0.15) is 0 Å². The Bertz CT molecular complexity index is 347. The maximum Gasteiger partial charge on any atom is 0.220 e. The fourth-order valence-electron chi connectivity index (χ4n) is 0.980. The van der Waals surface area contributed by atoms with Crippen molar-refractivity contribution in [2.45, 2.75) is 13.3 Å². The van der Waals surface area contributed by atoms with Gasteiger partial charge in [-0.15, -0.1) is 0 Å². The summed E-state index contributed by atoms with van der Waals surface area (Å²) < 4.78 is 0. The van der Waals surface area contributed by atoms with E-state index >= 15 is 0 Å². The van der Waals surface area contributed by atoms with Crippen molar-refractivity contribution in [3.05, 3.63) is 34.0 Å². The lowest BCUT2D eigenvalue weighted by atomic mass is 10.2. The lowest BCUT2D eigenvalue weighted by Crippen LogP contribution is -1.96. The van der Waals surface area contributed by atoms with E-state index in [1.807, 2.05) is 6.92 Å². The average molecular weight is 165 g/mol. The van der Waals surface area contributed by atoms with Crippen molar-refractivity contribution < 1.29 is 5.11 Å². The van der Waals surface area contributed by atoms with E-state index in [0.29, 0.717) is 12.1 Å². The SMILES string of the molecule is CCc1cc(=O)c(O)ccc1N. The van der Waals surface area contributed by atoms with E-state index in [1.165, 1.54) is 18.2 Å². The number of nitrogens with two attached hydrogens (primary N) is 1. The summed E-state index contributed by atoms with van der Waals surface area (Å²) in [6.45, 7) is 1.90. The molecule has 12 heavy (non-hydrogen) atoms. The van der Waals surface area contributed by atoms with Gasteiger partial charge in [0.1, 0.15) is 0 Å². The molecule has 0 fully saturated rings. The van der Waals surface area contributed by atoms with Crippen LogP contribution in [0.1, 0.15) is 12.5 Å². The third-order valence-electron chi connectivity index (χ3n) is 1.73. The van der Waals surface area contributed by atoms with Gasteiger partial charge in [0.25, 0.3) is 0 Å². The van der Waals surface area contributed by atoms with Gasteiger partial charge in [-0.1, -0.05) is 6.92 Å². The normalized spacial score (nSPS) is 9.75. The predicted molar refractivity (Wildman–Crippen MR) is 48.2 cm³/mol. The van der Waals surface area contributed by atoms with Crippen molar-refractivity contribution in [1.29, 1.82) is 0 Å². The smallest absolute Gasteiger partial charge is 0.220 e. The quantitative estimate of drug-likeness (QED) is 0.649. The Morgan fingerprint density at radius 2 is 2.17 bits per heavy atom. The molecular weight excluding hydrogens is 154 g/mol. The molecule has 0 amide bonds. The number of nitrogen functional groups attached to an aromatic ring is 1. The van der Waals surface area contributed by atoms with E-state index in [4.69, 9.17) is 10.8 Å². The molecule has 64 valence electrons. The van der Waals surface area contributed by atoms with Crippen molar-refractivity contribution in [3.8, 4) is 5.75 Å². The van der Waals surface area contributed by atoms with Crippen LogP contribution in [0, 0.1) is 0 Å². The number of aryl methyl sites for hydroxylation is 1. The van der Waals surface area contributed by atoms with E-state index in [0.717, 1.165) is 5.56 Å². The van der Waals surface area contributed by atoms with Gasteiger partial charge in [-0.05, 0) is 30.2 Å². The van der Waals surface area contributed by atoms with E-state index in [2.05, 4.69) is 0 Å². The lowest BCUT2D eigenvalue weighted by Gasteiger charge is -1.93. The first-order chi connectivity index (χ1) is 5.65. The standard InChI is InChI=1S/C9H11NO2/c1-2-6-5-9(12)8(11)4-3-7(6)10/h3-5H,2,10H2,1H3,(H,11,12). The monoisotopic (exact) mass is 165 g/mol. The second-order valence-electron chi connectivity index (χ2n) is 2.56. The molecule has 1 aromatic carbocycles. The summed E-state index contributed by atoms with van der Waals surface area (Å²) in [4.78, 5) is 11.0. The Kier molecular flexibility index (Phi) is 2.33. The lowest BCUT2D eigenvalue weighted by molar-refractivity contribution is 0.471. The Hall–Kier alpha value is -1.51. The van der Waals surface area contributed by atoms with Crippen LogP contribution in [0.4, 0.5) is 5.69 Å². The minimum atomic E-state index is -0.386. The van der Waals surface area contributed by atoms with E-state index in [9.17, 15) is 4.79 Å². The first-order valence-corrected chi connectivity index (χ1v) is 3.77. The largest absolute Gasteiger partial charge is 0.504 e. The molecule has 0 atom stereocenters. The Labute approximate surface area is 70.5 Å². The van der Waals surface area contributed by atoms with Gasteiger partial charge in [-0.3, -0.25) is 4.79 Å². The molecule has 0 spiro atoms. The Morgan fingerprint density at radius 3 is 2.75 bits per heavy atom. The van der Waals surface area contributed by atoms with Crippen molar-refractivity contribution >= 4 is 5.69 Å². The van der Waals surface area contributed by atoms with Gasteiger partial charge in [-0.25, -0.2) is 0 Å². The summed E-state index contributed by atoms with van der Waals surface area (Å²) in [5, 5.41) is 9.06. The second kappa shape index (κ2) is 3.26. The molecule has 0 unspecified atom stereocenters. The predicted octanol–water partition coefficient (Wildman–Crippen LogP) is 0.897. The van der Waals surface area contributed by atoms with E-state index in [-0.39, 0.29) is 11.2 Å². The number of aromatic hydroxyl groups is 1. The molecular formula is C9H11NO2. The van der Waals surface area contributed by atoms with Gasteiger partial charge < -0.3 is 10.8 Å². The van der Waals surface area contributed by atoms with Gasteiger partial charge in [0, 0.05) is 5.69 Å². The fourth-order valence-corrected chi connectivity index (χ4v) is 0.980. The fraction of sp³-hybridized carbons (Fsp3) is 0.222. The highest BCUT2D eigenvalue weighted by Gasteiger charge is 1.98. The zero-order chi connectivity index (χ0) is 9.14. The van der Waals surface area contributed by atoms with Gasteiger partial charge in [0.15, 0.2) is 5.75 Å². The molecule has 0 saturated heterocycles. The molecule has 3 nitrogen and oxygen atoms in total. The molecule has 1 aromatic rings. The van der Waals surface area contributed by atoms with Crippen LogP contribution in [0.2, 0.25) is 0 Å². The minimum Gasteiger partial charge on any atom is -0.504 e. The van der Waals surface area contributed by atoms with Crippen LogP contribution in [0.15, 0.2) is 23.0 Å². The van der Waals surface area contributed by atoms with Crippen LogP contribution in [-0.2, 0) is 6.42 Å². The van der Waals surface area contributed by atoms with Gasteiger partial charge in [0.05, 0.1) is 0 Å². The highest BCUT2D eigenvalue weighted by atomic mass is 16.3. The number of hydrogen-bond donors (Lipinski definition) is 2. The Balaban J connectivity index is 3.46. The summed E-state index contributed by atoms with van der Waals surface area (Å²) in [6, 6.07) is 4.22. The molecule has 3 N–H and O–H groups in total. The van der Waals surface area contributed by atoms with Crippen molar-refractivity contribution in [2.24, 2.45) is 0 Å². The van der Waals surface area contributed by atoms with E-state index < -0.39 is 0 Å². The molecule has 0 aromatic heterocycles. The summed E-state index contributed by atoms with van der Waals surface area (Å²) in [6.07, 6.45) is 0.690. The molecule has 0 saturated carbocycles. The third kappa shape index (κ3) is 1.56. The zero-order valence-corrected chi connectivity index (χ0v) is 6.87. The highest BCUT2D eigenvalue weighted by molar-refractivity contribution is 5.47. The first-order valence-electron chi connectivity index (χ1n) is 3.77. The highest BCUT2D eigenvalue weighted by Crippen LogP contribution is 2.10. The average Bonchev–Trinajstić information content (AvgIpc) is 2.18. The van der Waals surface area contributed by atoms with Crippen molar-refractivity contribution in [1.82, 2.24) is 0 Å². The van der Waals surface area contributed by atoms with E-state index in [1.54, 1.807) is 0 Å². The maximum atomic E-state index is 11.0. The Morgan fingerprint density at radius 1 is 1.50 bits per heavy atom. The first kappa shape index (κ1) is 8.59. The second-order valence-corrected chi connectivity index (χ2v) is 2.56. The number of rotatable bonds is 1. The molecule has 0 heterocycles. The number of anilines is 1. The summed E-state index contributed by atoms with van der Waals surface area (Å²) >= 11 is 0. The molecule has 0 radical (unpaired) electrons. The zero-order valence-electron chi connectivity index (χ0n) is 6.87. The van der Waals surface area contributed by atoms with Crippen LogP contribution in [0.25, 0.3) is 0 Å². The van der Waals surface area contributed by atoms with Crippen LogP contribution in [0.3, 0.4) is 0 Å². The van der Waals surface area contributed by atoms with Gasteiger partial charge >= 0.3 is 0 Å². The topological polar surface area (TPSA) is 63.3 Å². The van der Waals surface area contributed by atoms with Gasteiger partial charge in [0.2, 0.25) is 5.43 Å². The summed E-state index contributed by atoms with van der Waals surface area (Å²) in [5.74, 6) is -0.263. The maximum absolute atomic E-state index is 11.0. The summed E-state index contributed by atoms with van der Waals surface area (Å²) in [5.41, 5.74) is 6.51. The van der Waals surface area contributed by atoms with Crippen LogP contribution in [-0.4, -0.2) is 5.11 Å². The third-order valence-corrected chi connectivity index (χ3v) is 1.73. The van der Waals surface area contributed by atoms with Crippen molar-refractivity contribution in [3.63, 3.8) is 0 Å². The molecule has 0 aliphatic carbocycles. The van der Waals surface area contributed by atoms with Crippen LogP contribution < -0.4 is 11.2 Å². The molecule has 0 aliphatic heterocycles.